The van der Waals surface area contributed by atoms with Crippen LogP contribution in [0.3, 0.4) is 0 Å². The van der Waals surface area contributed by atoms with Crippen LogP contribution in [-0.2, 0) is 4.74 Å². The van der Waals surface area contributed by atoms with E-state index in [4.69, 9.17) is 9.47 Å². The molecular formula is C19H22FN3O2. The number of hydrogen-bond donors (Lipinski definition) is 1. The third-order valence-electron chi connectivity index (χ3n) is 6.51. The Bertz CT molecular complexity index is 822. The molecule has 3 unspecified atom stereocenters. The summed E-state index contributed by atoms with van der Waals surface area (Å²) in [5, 5.41) is 4.36. The molecule has 5 nitrogen and oxygen atoms in total. The normalized spacial score (nSPS) is 29.6. The van der Waals surface area contributed by atoms with Gasteiger partial charge in [-0.3, -0.25) is 0 Å². The lowest BCUT2D eigenvalue weighted by Crippen LogP contribution is -2.64. The van der Waals surface area contributed by atoms with Crippen LogP contribution in [-0.4, -0.2) is 35.8 Å². The van der Waals surface area contributed by atoms with E-state index in [1.807, 2.05) is 6.07 Å². The Labute approximate surface area is 145 Å². The first-order valence-corrected chi connectivity index (χ1v) is 9.10. The van der Waals surface area contributed by atoms with E-state index < -0.39 is 5.82 Å². The van der Waals surface area contributed by atoms with Gasteiger partial charge >= 0.3 is 0 Å². The molecule has 3 fully saturated rings. The van der Waals surface area contributed by atoms with Crippen LogP contribution in [0.1, 0.15) is 32.1 Å². The van der Waals surface area contributed by atoms with E-state index in [1.165, 1.54) is 39.1 Å². The number of halogens is 1. The van der Waals surface area contributed by atoms with Gasteiger partial charge in [0.1, 0.15) is 17.7 Å². The fourth-order valence-electron chi connectivity index (χ4n) is 5.40. The first-order chi connectivity index (χ1) is 12.2. The molecule has 0 bridgehead atoms. The maximum atomic E-state index is 14.5. The van der Waals surface area contributed by atoms with Gasteiger partial charge in [0.2, 0.25) is 0 Å². The summed E-state index contributed by atoms with van der Waals surface area (Å²) in [6.45, 7) is 0.853. The number of nitrogens with one attached hydrogen (secondary N) is 1. The van der Waals surface area contributed by atoms with Gasteiger partial charge < -0.3 is 14.8 Å². The van der Waals surface area contributed by atoms with E-state index in [-0.39, 0.29) is 11.2 Å². The fourth-order valence-corrected chi connectivity index (χ4v) is 5.40. The Morgan fingerprint density at radius 1 is 1.28 bits per heavy atom. The van der Waals surface area contributed by atoms with Crippen LogP contribution < -0.4 is 10.1 Å². The van der Waals surface area contributed by atoms with Crippen LogP contribution >= 0.6 is 0 Å². The number of fused-ring (bicyclic) bond motifs is 3. The van der Waals surface area contributed by atoms with Crippen LogP contribution in [0, 0.1) is 17.2 Å². The van der Waals surface area contributed by atoms with Crippen molar-refractivity contribution in [2.24, 2.45) is 11.3 Å². The third-order valence-corrected chi connectivity index (χ3v) is 6.51. The molecular weight excluding hydrogens is 321 g/mol. The van der Waals surface area contributed by atoms with Crippen LogP contribution in [0.25, 0.3) is 10.9 Å². The van der Waals surface area contributed by atoms with Crippen molar-refractivity contribution in [2.45, 2.75) is 44.2 Å². The van der Waals surface area contributed by atoms with Crippen molar-refractivity contribution in [1.29, 1.82) is 0 Å². The minimum absolute atomic E-state index is 0.206. The summed E-state index contributed by atoms with van der Waals surface area (Å²) in [4.78, 5) is 8.55. The molecule has 132 valence electrons. The molecule has 0 radical (unpaired) electrons. The largest absolute Gasteiger partial charge is 0.494 e. The number of ether oxygens (including phenoxy) is 2. The van der Waals surface area contributed by atoms with Crippen molar-refractivity contribution in [3.8, 4) is 5.75 Å². The summed E-state index contributed by atoms with van der Waals surface area (Å²) < 4.78 is 25.6. The van der Waals surface area contributed by atoms with Crippen molar-refractivity contribution in [3.63, 3.8) is 0 Å². The monoisotopic (exact) mass is 343 g/mol. The lowest BCUT2D eigenvalue weighted by molar-refractivity contribution is -0.111. The van der Waals surface area contributed by atoms with Crippen LogP contribution in [0.15, 0.2) is 18.5 Å². The second-order valence-corrected chi connectivity index (χ2v) is 7.51. The highest BCUT2D eigenvalue weighted by Crippen LogP contribution is 2.61. The fraction of sp³-hybridized carbons (Fsp3) is 0.579. The molecule has 1 spiro atoms. The molecule has 0 amide bonds. The van der Waals surface area contributed by atoms with Gasteiger partial charge in [-0.05, 0) is 31.4 Å². The van der Waals surface area contributed by atoms with E-state index in [0.29, 0.717) is 34.8 Å². The van der Waals surface area contributed by atoms with Gasteiger partial charge in [-0.2, -0.15) is 0 Å². The highest BCUT2D eigenvalue weighted by atomic mass is 19.1. The third kappa shape index (κ3) is 2.03. The zero-order valence-electron chi connectivity index (χ0n) is 14.3. The van der Waals surface area contributed by atoms with Crippen LogP contribution in [0.4, 0.5) is 10.2 Å². The number of hydrogen-bond acceptors (Lipinski definition) is 5. The molecule has 3 atom stereocenters. The topological polar surface area (TPSA) is 56.3 Å². The summed E-state index contributed by atoms with van der Waals surface area (Å²) in [5.74, 6) is 1.02. The Morgan fingerprint density at radius 2 is 2.12 bits per heavy atom. The first kappa shape index (κ1) is 15.3. The second-order valence-electron chi connectivity index (χ2n) is 7.51. The van der Waals surface area contributed by atoms with Gasteiger partial charge in [-0.25, -0.2) is 14.4 Å². The molecule has 1 aromatic carbocycles. The SMILES string of the molecule is COc1ccc2c(NC3C4CCOC4C34CCCC4)ncnc2c1F. The van der Waals surface area contributed by atoms with Crippen molar-refractivity contribution in [3.05, 3.63) is 24.3 Å². The molecule has 6 heteroatoms. The summed E-state index contributed by atoms with van der Waals surface area (Å²) >= 11 is 0. The highest BCUT2D eigenvalue weighted by Gasteiger charge is 2.65. The summed E-state index contributed by atoms with van der Waals surface area (Å²) in [5.41, 5.74) is 0.527. The number of nitrogens with zero attached hydrogens (tertiary/aromatic N) is 2. The molecule has 1 saturated heterocycles. The van der Waals surface area contributed by atoms with Gasteiger partial charge in [0.25, 0.3) is 0 Å². The van der Waals surface area contributed by atoms with Crippen molar-refractivity contribution >= 4 is 16.7 Å². The van der Waals surface area contributed by atoms with Gasteiger partial charge in [0.15, 0.2) is 11.6 Å². The zero-order chi connectivity index (χ0) is 17.0. The van der Waals surface area contributed by atoms with E-state index in [9.17, 15) is 4.39 Å². The minimum atomic E-state index is -0.434. The smallest absolute Gasteiger partial charge is 0.191 e. The second kappa shape index (κ2) is 5.53. The van der Waals surface area contributed by atoms with Crippen LogP contribution in [0.2, 0.25) is 0 Å². The Morgan fingerprint density at radius 3 is 2.92 bits per heavy atom. The van der Waals surface area contributed by atoms with E-state index in [2.05, 4.69) is 15.3 Å². The maximum Gasteiger partial charge on any atom is 0.191 e. The molecule has 2 aliphatic carbocycles. The number of anilines is 1. The average molecular weight is 343 g/mol. The summed E-state index contributed by atoms with van der Waals surface area (Å²) in [6, 6.07) is 3.83. The van der Waals surface area contributed by atoms with E-state index >= 15 is 0 Å². The molecule has 1 aromatic heterocycles. The van der Waals surface area contributed by atoms with Gasteiger partial charge in [0.05, 0.1) is 13.2 Å². The molecule has 1 N–H and O–H groups in total. The molecule has 2 saturated carbocycles. The summed E-state index contributed by atoms with van der Waals surface area (Å²) in [6.07, 6.45) is 7.85. The molecule has 1 aliphatic heterocycles. The molecule has 25 heavy (non-hydrogen) atoms. The van der Waals surface area contributed by atoms with Crippen molar-refractivity contribution < 1.29 is 13.9 Å². The number of methoxy groups -OCH3 is 1. The Balaban J connectivity index is 1.53. The molecule has 5 rings (SSSR count). The first-order valence-electron chi connectivity index (χ1n) is 9.10. The predicted molar refractivity (Wildman–Crippen MR) is 92.2 cm³/mol. The van der Waals surface area contributed by atoms with Gasteiger partial charge in [-0.1, -0.05) is 12.8 Å². The molecule has 3 aliphatic rings. The standard InChI is InChI=1S/C19H22FN3O2/c1-24-13-5-4-11-15(14(13)20)21-10-22-18(11)23-16-12-6-9-25-17(12)19(16)7-2-3-8-19/h4-5,10,12,16-17H,2-3,6-9H2,1H3,(H,21,22,23). The number of rotatable bonds is 3. The van der Waals surface area contributed by atoms with E-state index in [1.54, 1.807) is 6.07 Å². The van der Waals surface area contributed by atoms with Crippen LogP contribution in [0.5, 0.6) is 5.75 Å². The molecule has 2 heterocycles. The quantitative estimate of drug-likeness (QED) is 0.924. The molecule has 2 aromatic rings. The average Bonchev–Trinajstić information content (AvgIpc) is 3.29. The van der Waals surface area contributed by atoms with E-state index in [0.717, 1.165) is 13.0 Å². The predicted octanol–water partition coefficient (Wildman–Crippen LogP) is 3.54. The maximum absolute atomic E-state index is 14.5. The Hall–Kier alpha value is -1.95. The summed E-state index contributed by atoms with van der Waals surface area (Å²) in [7, 11) is 1.46. The van der Waals surface area contributed by atoms with Gasteiger partial charge in [-0.15, -0.1) is 0 Å². The lowest BCUT2D eigenvalue weighted by Gasteiger charge is -2.57. The zero-order valence-corrected chi connectivity index (χ0v) is 14.3. The van der Waals surface area contributed by atoms with Gasteiger partial charge in [0, 0.05) is 29.4 Å². The number of aromatic nitrogens is 2. The minimum Gasteiger partial charge on any atom is -0.494 e. The number of benzene rings is 1. The highest BCUT2D eigenvalue weighted by molar-refractivity contribution is 5.90. The Kier molecular flexibility index (Phi) is 3.39. The lowest BCUT2D eigenvalue weighted by atomic mass is 9.54. The van der Waals surface area contributed by atoms with Crippen molar-refractivity contribution in [2.75, 3.05) is 19.0 Å². The van der Waals surface area contributed by atoms with Crippen molar-refractivity contribution in [1.82, 2.24) is 9.97 Å².